The number of rotatable bonds is 6. The Morgan fingerprint density at radius 1 is 1.43 bits per heavy atom. The second-order valence-electron chi connectivity index (χ2n) is 5.84. The molecule has 0 bridgehead atoms. The molecule has 1 aromatic heterocycles. The van der Waals surface area contributed by atoms with E-state index >= 15 is 0 Å². The normalized spacial score (nSPS) is 19.4. The summed E-state index contributed by atoms with van der Waals surface area (Å²) < 4.78 is 5.13. The molecule has 0 radical (unpaired) electrons. The molecular formula is C14H25N5O2. The molecule has 1 saturated heterocycles. The van der Waals surface area contributed by atoms with Crippen molar-refractivity contribution in [1.82, 2.24) is 24.8 Å². The molecule has 1 fully saturated rings. The van der Waals surface area contributed by atoms with Gasteiger partial charge in [0, 0.05) is 39.6 Å². The van der Waals surface area contributed by atoms with Gasteiger partial charge in [-0.15, -0.1) is 0 Å². The van der Waals surface area contributed by atoms with E-state index in [9.17, 15) is 4.79 Å². The number of amides is 1. The standard InChI is InChI=1S/C14H25N5O2/c1-5-13-15-12(16-21-13)9-18(4)11-6-7-19(8-11)10-14(20)17(2)3/h11H,5-10H2,1-4H3/t11-/m0/s1. The highest BCUT2D eigenvalue weighted by Crippen LogP contribution is 2.16. The van der Waals surface area contributed by atoms with Gasteiger partial charge in [-0.25, -0.2) is 0 Å². The first-order chi connectivity index (χ1) is 9.99. The second-order valence-corrected chi connectivity index (χ2v) is 5.84. The molecule has 2 heterocycles. The van der Waals surface area contributed by atoms with Crippen LogP contribution in [0.25, 0.3) is 0 Å². The van der Waals surface area contributed by atoms with Crippen molar-refractivity contribution in [3.8, 4) is 0 Å². The first kappa shape index (κ1) is 15.9. The highest BCUT2D eigenvalue weighted by Gasteiger charge is 2.27. The minimum atomic E-state index is 0.157. The summed E-state index contributed by atoms with van der Waals surface area (Å²) in [5.41, 5.74) is 0. The minimum absolute atomic E-state index is 0.157. The fourth-order valence-electron chi connectivity index (χ4n) is 2.50. The van der Waals surface area contributed by atoms with E-state index in [0.717, 1.165) is 31.8 Å². The molecule has 0 aromatic carbocycles. The third-order valence-electron chi connectivity index (χ3n) is 3.93. The Hall–Kier alpha value is -1.47. The summed E-state index contributed by atoms with van der Waals surface area (Å²) in [6.45, 7) is 5.05. The number of hydrogen-bond donors (Lipinski definition) is 0. The average molecular weight is 295 g/mol. The molecule has 118 valence electrons. The minimum Gasteiger partial charge on any atom is -0.348 e. The Kier molecular flexibility index (Phi) is 5.30. The van der Waals surface area contributed by atoms with Crippen LogP contribution >= 0.6 is 0 Å². The molecule has 0 N–H and O–H groups in total. The van der Waals surface area contributed by atoms with Crippen molar-refractivity contribution in [2.24, 2.45) is 0 Å². The predicted molar refractivity (Wildman–Crippen MR) is 78.7 cm³/mol. The van der Waals surface area contributed by atoms with Crippen LogP contribution in [-0.2, 0) is 17.8 Å². The molecule has 0 spiro atoms. The van der Waals surface area contributed by atoms with Crippen molar-refractivity contribution in [2.75, 3.05) is 40.8 Å². The Morgan fingerprint density at radius 3 is 2.81 bits per heavy atom. The van der Waals surface area contributed by atoms with Gasteiger partial charge in [-0.1, -0.05) is 12.1 Å². The van der Waals surface area contributed by atoms with E-state index in [1.165, 1.54) is 0 Å². The third kappa shape index (κ3) is 4.25. The van der Waals surface area contributed by atoms with E-state index < -0.39 is 0 Å². The van der Waals surface area contributed by atoms with Crippen LogP contribution in [0.3, 0.4) is 0 Å². The van der Waals surface area contributed by atoms with E-state index in [0.29, 0.717) is 25.0 Å². The van der Waals surface area contributed by atoms with Crippen LogP contribution in [0.2, 0.25) is 0 Å². The molecule has 1 amide bonds. The van der Waals surface area contributed by atoms with Gasteiger partial charge in [0.15, 0.2) is 5.82 Å². The van der Waals surface area contributed by atoms with Crippen molar-refractivity contribution >= 4 is 5.91 Å². The van der Waals surface area contributed by atoms with Crippen LogP contribution in [0.4, 0.5) is 0 Å². The smallest absolute Gasteiger partial charge is 0.236 e. The largest absolute Gasteiger partial charge is 0.348 e. The molecule has 2 rings (SSSR count). The number of nitrogens with zero attached hydrogens (tertiary/aromatic N) is 5. The highest BCUT2D eigenvalue weighted by molar-refractivity contribution is 5.77. The number of likely N-dealkylation sites (tertiary alicyclic amines) is 1. The lowest BCUT2D eigenvalue weighted by Gasteiger charge is -2.23. The van der Waals surface area contributed by atoms with Crippen LogP contribution in [-0.4, -0.2) is 77.6 Å². The molecule has 7 nitrogen and oxygen atoms in total. The maximum Gasteiger partial charge on any atom is 0.236 e. The van der Waals surface area contributed by atoms with Gasteiger partial charge >= 0.3 is 0 Å². The fraction of sp³-hybridized carbons (Fsp3) is 0.786. The van der Waals surface area contributed by atoms with Gasteiger partial charge in [0.1, 0.15) is 0 Å². The average Bonchev–Trinajstić information content (AvgIpc) is 3.07. The van der Waals surface area contributed by atoms with Crippen LogP contribution < -0.4 is 0 Å². The van der Waals surface area contributed by atoms with Gasteiger partial charge < -0.3 is 9.42 Å². The molecular weight excluding hydrogens is 270 g/mol. The lowest BCUT2D eigenvalue weighted by molar-refractivity contribution is -0.129. The predicted octanol–water partition coefficient (Wildman–Crippen LogP) is 0.226. The zero-order valence-electron chi connectivity index (χ0n) is 13.4. The summed E-state index contributed by atoms with van der Waals surface area (Å²) in [7, 11) is 5.66. The summed E-state index contributed by atoms with van der Waals surface area (Å²) in [6, 6.07) is 0.434. The first-order valence-electron chi connectivity index (χ1n) is 7.43. The van der Waals surface area contributed by atoms with Crippen molar-refractivity contribution < 1.29 is 9.32 Å². The maximum atomic E-state index is 11.7. The van der Waals surface area contributed by atoms with Gasteiger partial charge in [-0.3, -0.25) is 14.6 Å². The Balaban J connectivity index is 1.81. The zero-order chi connectivity index (χ0) is 15.4. The van der Waals surface area contributed by atoms with Crippen molar-refractivity contribution in [3.63, 3.8) is 0 Å². The summed E-state index contributed by atoms with van der Waals surface area (Å²) in [5, 5.41) is 3.99. The highest BCUT2D eigenvalue weighted by atomic mass is 16.5. The lowest BCUT2D eigenvalue weighted by Crippen LogP contribution is -2.38. The van der Waals surface area contributed by atoms with Crippen molar-refractivity contribution in [3.05, 3.63) is 11.7 Å². The number of hydrogen-bond acceptors (Lipinski definition) is 6. The van der Waals surface area contributed by atoms with Crippen LogP contribution in [0.15, 0.2) is 4.52 Å². The number of carbonyl (C=O) groups is 1. The van der Waals surface area contributed by atoms with Crippen LogP contribution in [0, 0.1) is 0 Å². The quantitative estimate of drug-likeness (QED) is 0.748. The number of carbonyl (C=O) groups excluding carboxylic acids is 1. The summed E-state index contributed by atoms with van der Waals surface area (Å²) in [4.78, 5) is 22.2. The molecule has 7 heteroatoms. The Morgan fingerprint density at radius 2 is 2.19 bits per heavy atom. The second kappa shape index (κ2) is 7.00. The topological polar surface area (TPSA) is 65.7 Å². The van der Waals surface area contributed by atoms with E-state index in [2.05, 4.69) is 27.0 Å². The zero-order valence-corrected chi connectivity index (χ0v) is 13.4. The van der Waals surface area contributed by atoms with Crippen LogP contribution in [0.1, 0.15) is 25.1 Å². The summed E-state index contributed by atoms with van der Waals surface area (Å²) >= 11 is 0. The Labute approximate surface area is 125 Å². The molecule has 0 unspecified atom stereocenters. The van der Waals surface area contributed by atoms with Crippen LogP contribution in [0.5, 0.6) is 0 Å². The monoisotopic (exact) mass is 295 g/mol. The summed E-state index contributed by atoms with van der Waals surface area (Å²) in [5.74, 6) is 1.57. The maximum absolute atomic E-state index is 11.7. The van der Waals surface area contributed by atoms with Crippen molar-refractivity contribution in [2.45, 2.75) is 32.4 Å². The fourth-order valence-corrected chi connectivity index (χ4v) is 2.50. The third-order valence-corrected chi connectivity index (χ3v) is 3.93. The summed E-state index contributed by atoms with van der Waals surface area (Å²) in [6.07, 6.45) is 1.83. The molecule has 1 aromatic rings. The van der Waals surface area contributed by atoms with E-state index in [-0.39, 0.29) is 5.91 Å². The molecule has 1 aliphatic rings. The van der Waals surface area contributed by atoms with Gasteiger partial charge in [0.25, 0.3) is 0 Å². The van der Waals surface area contributed by atoms with Crippen molar-refractivity contribution in [1.29, 1.82) is 0 Å². The Bertz CT molecular complexity index is 474. The molecule has 1 atom stereocenters. The molecule has 1 aliphatic heterocycles. The SMILES string of the molecule is CCc1nc(CN(C)[C@H]2CCN(CC(=O)N(C)C)C2)no1. The van der Waals surface area contributed by atoms with Gasteiger partial charge in [0.2, 0.25) is 11.8 Å². The first-order valence-corrected chi connectivity index (χ1v) is 7.43. The number of likely N-dealkylation sites (N-methyl/N-ethyl adjacent to an activating group) is 2. The lowest BCUT2D eigenvalue weighted by atomic mass is 10.2. The number of aromatic nitrogens is 2. The number of aryl methyl sites for hydroxylation is 1. The van der Waals surface area contributed by atoms with E-state index in [1.807, 2.05) is 6.92 Å². The molecule has 0 aliphatic carbocycles. The van der Waals surface area contributed by atoms with E-state index in [4.69, 9.17) is 4.52 Å². The van der Waals surface area contributed by atoms with Gasteiger partial charge in [-0.05, 0) is 13.5 Å². The van der Waals surface area contributed by atoms with Gasteiger partial charge in [0.05, 0.1) is 13.1 Å². The van der Waals surface area contributed by atoms with E-state index in [1.54, 1.807) is 19.0 Å². The molecule has 0 saturated carbocycles. The van der Waals surface area contributed by atoms with Gasteiger partial charge in [-0.2, -0.15) is 4.98 Å². The molecule has 21 heavy (non-hydrogen) atoms.